The Labute approximate surface area is 72.2 Å². The van der Waals surface area contributed by atoms with Crippen LogP contribution >= 0.6 is 0 Å². The lowest BCUT2D eigenvalue weighted by molar-refractivity contribution is 0.0225. The highest BCUT2D eigenvalue weighted by atomic mass is 16.5. The van der Waals surface area contributed by atoms with E-state index in [2.05, 4.69) is 0 Å². The van der Waals surface area contributed by atoms with Crippen molar-refractivity contribution in [1.82, 2.24) is 0 Å². The van der Waals surface area contributed by atoms with Crippen molar-refractivity contribution in [3.05, 3.63) is 11.1 Å². The number of rotatable bonds is 0. The zero-order valence-corrected chi connectivity index (χ0v) is 7.12. The highest BCUT2D eigenvalue weighted by Crippen LogP contribution is 2.43. The molecule has 0 aromatic carbocycles. The fourth-order valence-electron chi connectivity index (χ4n) is 2.87. The summed E-state index contributed by atoms with van der Waals surface area (Å²) in [5.74, 6) is 0. The van der Waals surface area contributed by atoms with Crippen molar-refractivity contribution < 1.29 is 9.84 Å². The summed E-state index contributed by atoms with van der Waals surface area (Å²) < 4.78 is 5.72. The van der Waals surface area contributed by atoms with E-state index < -0.39 is 0 Å². The van der Waals surface area contributed by atoms with Crippen LogP contribution < -0.4 is 0 Å². The molecule has 0 aromatic rings. The van der Waals surface area contributed by atoms with E-state index in [0.29, 0.717) is 6.10 Å². The second-order valence-corrected chi connectivity index (χ2v) is 4.17. The first kappa shape index (κ1) is 7.10. The van der Waals surface area contributed by atoms with E-state index in [1.165, 1.54) is 24.8 Å². The van der Waals surface area contributed by atoms with Crippen molar-refractivity contribution in [3.8, 4) is 0 Å². The molecule has 0 saturated carbocycles. The first-order valence-electron chi connectivity index (χ1n) is 4.89. The fourth-order valence-corrected chi connectivity index (χ4v) is 2.87. The van der Waals surface area contributed by atoms with Crippen LogP contribution in [-0.4, -0.2) is 23.4 Å². The summed E-state index contributed by atoms with van der Waals surface area (Å²) in [5, 5.41) is 9.69. The summed E-state index contributed by atoms with van der Waals surface area (Å²) in [6.07, 6.45) is 5.89. The highest BCUT2D eigenvalue weighted by Gasteiger charge is 2.42. The molecule has 0 aromatic heterocycles. The molecule has 66 valence electrons. The third-order valence-corrected chi connectivity index (χ3v) is 3.39. The average Bonchev–Trinajstić information content (AvgIpc) is 2.59. The van der Waals surface area contributed by atoms with Crippen molar-refractivity contribution in [3.63, 3.8) is 0 Å². The van der Waals surface area contributed by atoms with Crippen LogP contribution in [0.1, 0.15) is 32.1 Å². The zero-order valence-electron chi connectivity index (χ0n) is 7.12. The number of hydrogen-bond donors (Lipinski definition) is 1. The zero-order chi connectivity index (χ0) is 8.13. The van der Waals surface area contributed by atoms with Crippen LogP contribution in [0.4, 0.5) is 0 Å². The predicted molar refractivity (Wildman–Crippen MR) is 44.8 cm³/mol. The van der Waals surface area contributed by atoms with Gasteiger partial charge in [-0.05, 0) is 31.3 Å². The molecule has 2 heterocycles. The first-order valence-corrected chi connectivity index (χ1v) is 4.89. The number of aliphatic hydroxyl groups is 1. The topological polar surface area (TPSA) is 29.5 Å². The molecule has 3 unspecified atom stereocenters. The van der Waals surface area contributed by atoms with Crippen LogP contribution in [0.25, 0.3) is 0 Å². The normalized spacial score (nSPS) is 45.2. The Kier molecular flexibility index (Phi) is 1.38. The molecule has 1 aliphatic carbocycles. The highest BCUT2D eigenvalue weighted by molar-refractivity contribution is 5.29. The van der Waals surface area contributed by atoms with Crippen LogP contribution in [0.5, 0.6) is 0 Å². The summed E-state index contributed by atoms with van der Waals surface area (Å²) >= 11 is 0. The van der Waals surface area contributed by atoms with Crippen molar-refractivity contribution in [2.75, 3.05) is 0 Å². The molecule has 2 nitrogen and oxygen atoms in total. The Morgan fingerprint density at radius 2 is 2.25 bits per heavy atom. The minimum absolute atomic E-state index is 0.0845. The number of aliphatic hydroxyl groups excluding tert-OH is 1. The van der Waals surface area contributed by atoms with Crippen LogP contribution in [0.15, 0.2) is 11.1 Å². The van der Waals surface area contributed by atoms with E-state index in [1.807, 2.05) is 0 Å². The van der Waals surface area contributed by atoms with Gasteiger partial charge in [0.05, 0.1) is 12.2 Å². The Morgan fingerprint density at radius 3 is 3.17 bits per heavy atom. The van der Waals surface area contributed by atoms with Gasteiger partial charge in [0, 0.05) is 6.42 Å². The largest absolute Gasteiger partial charge is 0.390 e. The minimum Gasteiger partial charge on any atom is -0.390 e. The van der Waals surface area contributed by atoms with Gasteiger partial charge in [-0.15, -0.1) is 0 Å². The molecule has 0 radical (unpaired) electrons. The standard InChI is InChI=1S/C10H14O2/c11-9-5-7-4-6-2-1-3-8(6)10(9)12-7/h7,9-11H,1-5H2. The summed E-state index contributed by atoms with van der Waals surface area (Å²) in [7, 11) is 0. The third kappa shape index (κ3) is 0.824. The van der Waals surface area contributed by atoms with Gasteiger partial charge in [-0.2, -0.15) is 0 Å². The van der Waals surface area contributed by atoms with Crippen molar-refractivity contribution in [2.24, 2.45) is 0 Å². The van der Waals surface area contributed by atoms with E-state index in [4.69, 9.17) is 4.74 Å². The van der Waals surface area contributed by atoms with Crippen LogP contribution in [0.2, 0.25) is 0 Å². The quantitative estimate of drug-likeness (QED) is 0.551. The monoisotopic (exact) mass is 166 g/mol. The third-order valence-electron chi connectivity index (χ3n) is 3.39. The van der Waals surface area contributed by atoms with Crippen molar-refractivity contribution in [1.29, 1.82) is 0 Å². The van der Waals surface area contributed by atoms with Gasteiger partial charge in [0.25, 0.3) is 0 Å². The molecule has 2 bridgehead atoms. The van der Waals surface area contributed by atoms with Crippen LogP contribution in [0, 0.1) is 0 Å². The molecule has 3 atom stereocenters. The number of hydrogen-bond acceptors (Lipinski definition) is 2. The molecule has 1 saturated heterocycles. The molecular formula is C10H14O2. The van der Waals surface area contributed by atoms with Gasteiger partial charge in [0.2, 0.25) is 0 Å². The average molecular weight is 166 g/mol. The lowest BCUT2D eigenvalue weighted by Gasteiger charge is -2.23. The first-order chi connectivity index (χ1) is 5.84. The maximum absolute atomic E-state index is 9.69. The molecule has 3 aliphatic rings. The van der Waals surface area contributed by atoms with E-state index >= 15 is 0 Å². The summed E-state index contributed by atoms with van der Waals surface area (Å²) in [6.45, 7) is 0. The molecule has 12 heavy (non-hydrogen) atoms. The lowest BCUT2D eigenvalue weighted by Crippen LogP contribution is -2.25. The molecular weight excluding hydrogens is 152 g/mol. The molecule has 2 aliphatic heterocycles. The van der Waals surface area contributed by atoms with E-state index in [-0.39, 0.29) is 12.2 Å². The van der Waals surface area contributed by atoms with Crippen LogP contribution in [-0.2, 0) is 4.74 Å². The maximum atomic E-state index is 9.69. The van der Waals surface area contributed by atoms with Gasteiger partial charge in [0.15, 0.2) is 0 Å². The maximum Gasteiger partial charge on any atom is 0.105 e. The Balaban J connectivity index is 1.98. The number of fused-ring (bicyclic) bond motifs is 3. The van der Waals surface area contributed by atoms with Crippen molar-refractivity contribution in [2.45, 2.75) is 50.4 Å². The van der Waals surface area contributed by atoms with Gasteiger partial charge in [-0.25, -0.2) is 0 Å². The fraction of sp³-hybridized carbons (Fsp3) is 0.800. The lowest BCUT2D eigenvalue weighted by atomic mass is 10.0. The Morgan fingerprint density at radius 1 is 1.33 bits per heavy atom. The van der Waals surface area contributed by atoms with Gasteiger partial charge in [-0.3, -0.25) is 0 Å². The Hall–Kier alpha value is -0.340. The summed E-state index contributed by atoms with van der Waals surface area (Å²) in [5.41, 5.74) is 3.05. The predicted octanol–water partition coefficient (Wildman–Crippen LogP) is 1.39. The van der Waals surface area contributed by atoms with E-state index in [9.17, 15) is 5.11 Å². The molecule has 0 amide bonds. The summed E-state index contributed by atoms with van der Waals surface area (Å²) in [4.78, 5) is 0. The molecule has 0 spiro atoms. The second-order valence-electron chi connectivity index (χ2n) is 4.17. The summed E-state index contributed by atoms with van der Waals surface area (Å²) in [6, 6.07) is 0. The molecule has 2 heteroatoms. The molecule has 1 N–H and O–H groups in total. The second kappa shape index (κ2) is 2.33. The van der Waals surface area contributed by atoms with Gasteiger partial charge in [-0.1, -0.05) is 5.57 Å². The minimum atomic E-state index is -0.208. The van der Waals surface area contributed by atoms with Crippen molar-refractivity contribution >= 4 is 0 Å². The SMILES string of the molecule is OC1CC2CC3=C(CCC3)C1O2. The van der Waals surface area contributed by atoms with Gasteiger partial charge in [0.1, 0.15) is 6.10 Å². The van der Waals surface area contributed by atoms with Gasteiger partial charge < -0.3 is 9.84 Å². The smallest absolute Gasteiger partial charge is 0.105 e. The molecule has 3 rings (SSSR count). The van der Waals surface area contributed by atoms with E-state index in [1.54, 1.807) is 5.57 Å². The van der Waals surface area contributed by atoms with Gasteiger partial charge >= 0.3 is 0 Å². The molecule has 1 fully saturated rings. The number of ether oxygens (including phenoxy) is 1. The van der Waals surface area contributed by atoms with E-state index in [0.717, 1.165) is 12.8 Å². The Bertz CT molecular complexity index is 244. The van der Waals surface area contributed by atoms with Crippen LogP contribution in [0.3, 0.4) is 0 Å².